The lowest BCUT2D eigenvalue weighted by Gasteiger charge is -2.15. The van der Waals surface area contributed by atoms with E-state index >= 15 is 0 Å². The molecule has 6 heteroatoms. The number of carbonyl (C=O) groups excluding carboxylic acids is 1. The number of hydrogen-bond acceptors (Lipinski definition) is 5. The van der Waals surface area contributed by atoms with E-state index in [1.54, 1.807) is 17.1 Å². The van der Waals surface area contributed by atoms with Gasteiger partial charge < -0.3 is 10.1 Å². The van der Waals surface area contributed by atoms with Crippen LogP contribution in [0.15, 0.2) is 12.4 Å². The highest BCUT2D eigenvalue weighted by Crippen LogP contribution is 2.33. The van der Waals surface area contributed by atoms with Gasteiger partial charge in [0.15, 0.2) is 0 Å². The van der Waals surface area contributed by atoms with Crippen molar-refractivity contribution >= 4 is 5.97 Å². The van der Waals surface area contributed by atoms with Gasteiger partial charge >= 0.3 is 5.97 Å². The number of ether oxygens (including phenoxy) is 1. The van der Waals surface area contributed by atoms with Gasteiger partial charge in [0, 0.05) is 12.7 Å². The molecule has 6 nitrogen and oxygen atoms in total. The van der Waals surface area contributed by atoms with Crippen molar-refractivity contribution in [3.63, 3.8) is 0 Å². The Bertz CT molecular complexity index is 335. The van der Waals surface area contributed by atoms with Crippen LogP contribution in [0, 0.1) is 5.92 Å². The van der Waals surface area contributed by atoms with E-state index in [2.05, 4.69) is 15.6 Å². The number of methoxy groups -OCH3 is 1. The standard InChI is InChI=1S/C10H16N4O2/c1-16-10(15)9(8-2-3-8)11-4-6-14-7-5-12-13-14/h5,7-9,11H,2-4,6H2,1H3. The van der Waals surface area contributed by atoms with E-state index in [0.717, 1.165) is 12.8 Å². The van der Waals surface area contributed by atoms with E-state index in [-0.39, 0.29) is 12.0 Å². The highest BCUT2D eigenvalue weighted by molar-refractivity contribution is 5.76. The minimum absolute atomic E-state index is 0.159. The van der Waals surface area contributed by atoms with Crippen molar-refractivity contribution in [2.24, 2.45) is 5.92 Å². The molecule has 16 heavy (non-hydrogen) atoms. The van der Waals surface area contributed by atoms with Crippen molar-refractivity contribution in [3.8, 4) is 0 Å². The second kappa shape index (κ2) is 5.07. The van der Waals surface area contributed by atoms with Crippen LogP contribution in [-0.2, 0) is 16.1 Å². The zero-order valence-electron chi connectivity index (χ0n) is 9.30. The molecule has 1 aliphatic rings. The summed E-state index contributed by atoms with van der Waals surface area (Å²) in [5.41, 5.74) is 0. The van der Waals surface area contributed by atoms with Gasteiger partial charge in [-0.1, -0.05) is 5.21 Å². The third-order valence-electron chi connectivity index (χ3n) is 2.73. The van der Waals surface area contributed by atoms with Crippen molar-refractivity contribution in [3.05, 3.63) is 12.4 Å². The predicted octanol–water partition coefficient (Wildman–Crippen LogP) is -0.181. The van der Waals surface area contributed by atoms with Gasteiger partial charge in [-0.3, -0.25) is 9.48 Å². The molecular weight excluding hydrogens is 208 g/mol. The van der Waals surface area contributed by atoms with Gasteiger partial charge in [0.2, 0.25) is 0 Å². The molecule has 0 saturated heterocycles. The fourth-order valence-electron chi connectivity index (χ4n) is 1.69. The molecule has 1 unspecified atom stereocenters. The molecule has 1 aromatic rings. The van der Waals surface area contributed by atoms with Crippen molar-refractivity contribution in [1.82, 2.24) is 20.3 Å². The lowest BCUT2D eigenvalue weighted by Crippen LogP contribution is -2.41. The molecule has 0 spiro atoms. The number of rotatable bonds is 6. The Morgan fingerprint density at radius 2 is 2.50 bits per heavy atom. The summed E-state index contributed by atoms with van der Waals surface area (Å²) in [5, 5.41) is 10.8. The molecular formula is C10H16N4O2. The largest absolute Gasteiger partial charge is 0.468 e. The predicted molar refractivity (Wildman–Crippen MR) is 56.6 cm³/mol. The minimum atomic E-state index is -0.166. The lowest BCUT2D eigenvalue weighted by atomic mass is 10.2. The average molecular weight is 224 g/mol. The molecule has 0 bridgehead atoms. The summed E-state index contributed by atoms with van der Waals surface area (Å²) in [6.45, 7) is 1.40. The fourth-order valence-corrected chi connectivity index (χ4v) is 1.69. The van der Waals surface area contributed by atoms with Crippen LogP contribution in [0.2, 0.25) is 0 Å². The Labute approximate surface area is 94.0 Å². The van der Waals surface area contributed by atoms with Crippen molar-refractivity contribution in [2.45, 2.75) is 25.4 Å². The Balaban J connectivity index is 1.76. The average Bonchev–Trinajstić information content (AvgIpc) is 3.00. The first-order valence-electron chi connectivity index (χ1n) is 5.46. The van der Waals surface area contributed by atoms with Gasteiger partial charge in [-0.2, -0.15) is 0 Å². The molecule has 1 atom stereocenters. The molecule has 0 aromatic carbocycles. The Kier molecular flexibility index (Phi) is 3.51. The van der Waals surface area contributed by atoms with Gasteiger partial charge in [-0.05, 0) is 18.8 Å². The number of nitrogens with zero attached hydrogens (tertiary/aromatic N) is 3. The fraction of sp³-hybridized carbons (Fsp3) is 0.700. The van der Waals surface area contributed by atoms with Crippen LogP contribution >= 0.6 is 0 Å². The molecule has 0 radical (unpaired) electrons. The maximum Gasteiger partial charge on any atom is 0.323 e. The zero-order chi connectivity index (χ0) is 11.4. The molecule has 2 rings (SSSR count). The summed E-state index contributed by atoms with van der Waals surface area (Å²) in [6, 6.07) is -0.159. The minimum Gasteiger partial charge on any atom is -0.468 e. The Morgan fingerprint density at radius 3 is 3.06 bits per heavy atom. The van der Waals surface area contributed by atoms with E-state index in [4.69, 9.17) is 4.74 Å². The third kappa shape index (κ3) is 2.79. The van der Waals surface area contributed by atoms with E-state index in [9.17, 15) is 4.79 Å². The maximum atomic E-state index is 11.5. The van der Waals surface area contributed by atoms with Crippen LogP contribution in [-0.4, -0.2) is 40.7 Å². The van der Waals surface area contributed by atoms with E-state index in [1.165, 1.54) is 7.11 Å². The van der Waals surface area contributed by atoms with Crippen LogP contribution < -0.4 is 5.32 Å². The number of aromatic nitrogens is 3. The summed E-state index contributed by atoms with van der Waals surface area (Å²) in [7, 11) is 1.43. The quantitative estimate of drug-likeness (QED) is 0.679. The Morgan fingerprint density at radius 1 is 1.69 bits per heavy atom. The summed E-state index contributed by atoms with van der Waals surface area (Å²) < 4.78 is 6.50. The smallest absolute Gasteiger partial charge is 0.323 e. The van der Waals surface area contributed by atoms with Crippen molar-refractivity contribution in [2.75, 3.05) is 13.7 Å². The molecule has 88 valence electrons. The molecule has 1 fully saturated rings. The summed E-state index contributed by atoms with van der Waals surface area (Å²) in [6.07, 6.45) is 5.65. The second-order valence-corrected chi connectivity index (χ2v) is 3.96. The first-order chi connectivity index (χ1) is 7.81. The van der Waals surface area contributed by atoms with Gasteiger partial charge in [-0.25, -0.2) is 0 Å². The van der Waals surface area contributed by atoms with Crippen LogP contribution in [0.25, 0.3) is 0 Å². The number of esters is 1. The Hall–Kier alpha value is -1.43. The lowest BCUT2D eigenvalue weighted by molar-refractivity contribution is -0.143. The molecule has 0 amide bonds. The second-order valence-electron chi connectivity index (χ2n) is 3.96. The third-order valence-corrected chi connectivity index (χ3v) is 2.73. The zero-order valence-corrected chi connectivity index (χ0v) is 9.30. The van der Waals surface area contributed by atoms with Crippen molar-refractivity contribution in [1.29, 1.82) is 0 Å². The number of nitrogens with one attached hydrogen (secondary N) is 1. The summed E-state index contributed by atoms with van der Waals surface area (Å²) in [4.78, 5) is 11.5. The van der Waals surface area contributed by atoms with Gasteiger partial charge in [0.25, 0.3) is 0 Å². The van der Waals surface area contributed by atoms with Crippen LogP contribution in [0.4, 0.5) is 0 Å². The van der Waals surface area contributed by atoms with E-state index in [1.807, 2.05) is 0 Å². The van der Waals surface area contributed by atoms with E-state index in [0.29, 0.717) is 19.0 Å². The molecule has 1 saturated carbocycles. The monoisotopic (exact) mass is 224 g/mol. The maximum absolute atomic E-state index is 11.5. The first kappa shape index (κ1) is 11.1. The highest BCUT2D eigenvalue weighted by Gasteiger charge is 2.36. The molecule has 0 aliphatic heterocycles. The normalized spacial score (nSPS) is 17.1. The van der Waals surface area contributed by atoms with E-state index < -0.39 is 0 Å². The van der Waals surface area contributed by atoms with Crippen LogP contribution in [0.3, 0.4) is 0 Å². The van der Waals surface area contributed by atoms with Gasteiger partial charge in [-0.15, -0.1) is 5.10 Å². The summed E-state index contributed by atoms with van der Waals surface area (Å²) in [5.74, 6) is 0.282. The number of hydrogen-bond donors (Lipinski definition) is 1. The molecule has 1 aromatic heterocycles. The molecule has 1 heterocycles. The molecule has 1 N–H and O–H groups in total. The molecule has 1 aliphatic carbocycles. The topological polar surface area (TPSA) is 69.0 Å². The van der Waals surface area contributed by atoms with Crippen LogP contribution in [0.1, 0.15) is 12.8 Å². The van der Waals surface area contributed by atoms with Crippen molar-refractivity contribution < 1.29 is 9.53 Å². The first-order valence-corrected chi connectivity index (χ1v) is 5.46. The number of carbonyl (C=O) groups is 1. The van der Waals surface area contributed by atoms with Gasteiger partial charge in [0.05, 0.1) is 19.9 Å². The highest BCUT2D eigenvalue weighted by atomic mass is 16.5. The van der Waals surface area contributed by atoms with Gasteiger partial charge in [0.1, 0.15) is 6.04 Å². The van der Waals surface area contributed by atoms with Crippen LogP contribution in [0.5, 0.6) is 0 Å². The summed E-state index contributed by atoms with van der Waals surface area (Å²) >= 11 is 0. The SMILES string of the molecule is COC(=O)C(NCCn1ccnn1)C1CC1.